The van der Waals surface area contributed by atoms with Crippen molar-refractivity contribution in [3.8, 4) is 0 Å². The summed E-state index contributed by atoms with van der Waals surface area (Å²) in [4.78, 5) is 18.4. The van der Waals surface area contributed by atoms with Gasteiger partial charge >= 0.3 is 0 Å². The largest absolute Gasteiger partial charge is 0.317 e. The van der Waals surface area contributed by atoms with Crippen LogP contribution in [0.2, 0.25) is 0 Å². The van der Waals surface area contributed by atoms with Crippen LogP contribution in [0.15, 0.2) is 21.5 Å². The first-order valence-corrected chi connectivity index (χ1v) is 8.84. The standard InChI is InChI=1S/C15H20BrN3OS/c1-17-4-3-5-19(7-6-17)9-11-8-12-14(21-11)13(16)10-18(2)15(12)20/h8,10H,3-7,9H2,1-2H3. The highest BCUT2D eigenvalue weighted by Crippen LogP contribution is 2.30. The Morgan fingerprint density at radius 3 is 2.86 bits per heavy atom. The molecule has 0 saturated carbocycles. The van der Waals surface area contributed by atoms with Gasteiger partial charge in [-0.3, -0.25) is 9.69 Å². The van der Waals surface area contributed by atoms with Gasteiger partial charge in [0, 0.05) is 37.8 Å². The topological polar surface area (TPSA) is 28.5 Å². The zero-order valence-corrected chi connectivity index (χ0v) is 14.8. The molecule has 6 heteroatoms. The summed E-state index contributed by atoms with van der Waals surface area (Å²) in [5, 5.41) is 0.832. The maximum Gasteiger partial charge on any atom is 0.259 e. The van der Waals surface area contributed by atoms with Gasteiger partial charge in [0.15, 0.2) is 0 Å². The molecule has 0 spiro atoms. The lowest BCUT2D eigenvalue weighted by molar-refractivity contribution is 0.271. The van der Waals surface area contributed by atoms with Crippen LogP contribution in [0.1, 0.15) is 11.3 Å². The quantitative estimate of drug-likeness (QED) is 0.813. The molecule has 2 aromatic rings. The van der Waals surface area contributed by atoms with Gasteiger partial charge in [-0.15, -0.1) is 11.3 Å². The van der Waals surface area contributed by atoms with Crippen LogP contribution in [0.5, 0.6) is 0 Å². The zero-order valence-electron chi connectivity index (χ0n) is 12.4. The number of thiophene rings is 1. The minimum Gasteiger partial charge on any atom is -0.317 e. The predicted molar refractivity (Wildman–Crippen MR) is 92.2 cm³/mol. The Hall–Kier alpha value is -0.690. The molecule has 1 aliphatic rings. The van der Waals surface area contributed by atoms with E-state index in [0.717, 1.165) is 40.7 Å². The van der Waals surface area contributed by atoms with E-state index in [2.05, 4.69) is 38.8 Å². The molecule has 0 amide bonds. The van der Waals surface area contributed by atoms with Gasteiger partial charge in [0.2, 0.25) is 0 Å². The van der Waals surface area contributed by atoms with E-state index in [1.165, 1.54) is 17.8 Å². The molecule has 0 aromatic carbocycles. The van der Waals surface area contributed by atoms with Crippen molar-refractivity contribution in [1.29, 1.82) is 0 Å². The number of aromatic nitrogens is 1. The lowest BCUT2D eigenvalue weighted by atomic mass is 10.3. The first-order chi connectivity index (χ1) is 10.0. The molecule has 1 fully saturated rings. The summed E-state index contributed by atoms with van der Waals surface area (Å²) in [5.74, 6) is 0. The summed E-state index contributed by atoms with van der Waals surface area (Å²) < 4.78 is 3.72. The summed E-state index contributed by atoms with van der Waals surface area (Å²) in [5.41, 5.74) is 0.0892. The maximum absolute atomic E-state index is 12.2. The van der Waals surface area contributed by atoms with Gasteiger partial charge in [0.1, 0.15) is 0 Å². The van der Waals surface area contributed by atoms with Crippen LogP contribution in [0.3, 0.4) is 0 Å². The molecule has 0 N–H and O–H groups in total. The summed E-state index contributed by atoms with van der Waals surface area (Å²) in [6.07, 6.45) is 3.07. The number of fused-ring (bicyclic) bond motifs is 1. The van der Waals surface area contributed by atoms with E-state index in [1.54, 1.807) is 23.0 Å². The van der Waals surface area contributed by atoms with E-state index in [0.29, 0.717) is 0 Å². The normalized spacial score (nSPS) is 18.2. The maximum atomic E-state index is 12.2. The number of hydrogen-bond acceptors (Lipinski definition) is 4. The van der Waals surface area contributed by atoms with E-state index >= 15 is 0 Å². The molecule has 4 nitrogen and oxygen atoms in total. The second kappa shape index (κ2) is 6.20. The Kier molecular flexibility index (Phi) is 4.49. The van der Waals surface area contributed by atoms with Crippen molar-refractivity contribution in [3.05, 3.63) is 32.0 Å². The van der Waals surface area contributed by atoms with Crippen molar-refractivity contribution in [2.45, 2.75) is 13.0 Å². The molecule has 1 aliphatic heterocycles. The number of likely N-dealkylation sites (N-methyl/N-ethyl adjacent to an activating group) is 1. The SMILES string of the molecule is CN1CCCN(Cc2cc3c(=O)n(C)cc(Br)c3s2)CC1. The molecule has 114 valence electrons. The van der Waals surface area contributed by atoms with Gasteiger partial charge in [-0.1, -0.05) is 0 Å². The van der Waals surface area contributed by atoms with Crippen LogP contribution in [0.4, 0.5) is 0 Å². The van der Waals surface area contributed by atoms with Crippen LogP contribution in [0, 0.1) is 0 Å². The second-order valence-corrected chi connectivity index (χ2v) is 7.77. The molecular weight excluding hydrogens is 350 g/mol. The van der Waals surface area contributed by atoms with Crippen molar-refractivity contribution < 1.29 is 0 Å². The fourth-order valence-electron chi connectivity index (χ4n) is 2.81. The fraction of sp³-hybridized carbons (Fsp3) is 0.533. The number of nitrogens with zero attached hydrogens (tertiary/aromatic N) is 3. The first kappa shape index (κ1) is 15.2. The van der Waals surface area contributed by atoms with E-state index in [-0.39, 0.29) is 5.56 Å². The molecular formula is C15H20BrN3OS. The predicted octanol–water partition coefficient (Wildman–Crippen LogP) is 2.50. The van der Waals surface area contributed by atoms with Crippen molar-refractivity contribution in [3.63, 3.8) is 0 Å². The van der Waals surface area contributed by atoms with Gasteiger partial charge < -0.3 is 9.47 Å². The smallest absolute Gasteiger partial charge is 0.259 e. The van der Waals surface area contributed by atoms with Gasteiger partial charge in [-0.2, -0.15) is 0 Å². The first-order valence-electron chi connectivity index (χ1n) is 7.23. The molecule has 0 atom stereocenters. The van der Waals surface area contributed by atoms with Gasteiger partial charge in [-0.05, 0) is 48.6 Å². The summed E-state index contributed by atoms with van der Waals surface area (Å²) in [6.45, 7) is 5.48. The average Bonchev–Trinajstić information content (AvgIpc) is 2.76. The molecule has 0 aliphatic carbocycles. The van der Waals surface area contributed by atoms with Crippen LogP contribution in [0.25, 0.3) is 10.1 Å². The molecule has 3 rings (SSSR count). The van der Waals surface area contributed by atoms with E-state index in [4.69, 9.17) is 0 Å². The third kappa shape index (κ3) is 3.23. The third-order valence-corrected chi connectivity index (χ3v) is 6.07. The molecule has 3 heterocycles. The molecule has 2 aromatic heterocycles. The summed E-state index contributed by atoms with van der Waals surface area (Å²) in [7, 11) is 3.98. The minimum atomic E-state index is 0.0892. The summed E-state index contributed by atoms with van der Waals surface area (Å²) in [6, 6.07) is 2.07. The van der Waals surface area contributed by atoms with Gasteiger partial charge in [0.25, 0.3) is 5.56 Å². The monoisotopic (exact) mass is 369 g/mol. The highest BCUT2D eigenvalue weighted by atomic mass is 79.9. The number of rotatable bonds is 2. The average molecular weight is 370 g/mol. The number of halogens is 1. The lowest BCUT2D eigenvalue weighted by Gasteiger charge is -2.18. The zero-order chi connectivity index (χ0) is 15.0. The Morgan fingerprint density at radius 1 is 1.24 bits per heavy atom. The van der Waals surface area contributed by atoms with Crippen molar-refractivity contribution >= 4 is 37.4 Å². The van der Waals surface area contributed by atoms with E-state index in [9.17, 15) is 4.79 Å². The van der Waals surface area contributed by atoms with Crippen molar-refractivity contribution in [1.82, 2.24) is 14.4 Å². The van der Waals surface area contributed by atoms with Crippen LogP contribution < -0.4 is 5.56 Å². The van der Waals surface area contributed by atoms with Crippen LogP contribution in [-0.2, 0) is 13.6 Å². The Labute approximate surface area is 137 Å². The second-order valence-electron chi connectivity index (χ2n) is 5.78. The molecule has 0 bridgehead atoms. The highest BCUT2D eigenvalue weighted by Gasteiger charge is 2.15. The highest BCUT2D eigenvalue weighted by molar-refractivity contribution is 9.10. The van der Waals surface area contributed by atoms with Crippen LogP contribution >= 0.6 is 27.3 Å². The van der Waals surface area contributed by atoms with Crippen LogP contribution in [-0.4, -0.2) is 47.6 Å². The fourth-order valence-corrected chi connectivity index (χ4v) is 4.67. The van der Waals surface area contributed by atoms with Gasteiger partial charge in [-0.25, -0.2) is 0 Å². The third-order valence-electron chi connectivity index (χ3n) is 4.05. The Bertz CT molecular complexity index is 709. The van der Waals surface area contributed by atoms with E-state index < -0.39 is 0 Å². The number of pyridine rings is 1. The lowest BCUT2D eigenvalue weighted by Crippen LogP contribution is -2.28. The van der Waals surface area contributed by atoms with Crippen molar-refractivity contribution in [2.24, 2.45) is 7.05 Å². The van der Waals surface area contributed by atoms with E-state index in [1.807, 2.05) is 6.20 Å². The minimum absolute atomic E-state index is 0.0892. The Balaban J connectivity index is 1.86. The molecule has 0 radical (unpaired) electrons. The molecule has 1 saturated heterocycles. The van der Waals surface area contributed by atoms with Crippen molar-refractivity contribution in [2.75, 3.05) is 33.2 Å². The number of hydrogen-bond donors (Lipinski definition) is 0. The summed E-state index contributed by atoms with van der Waals surface area (Å²) >= 11 is 5.30. The van der Waals surface area contributed by atoms with Gasteiger partial charge in [0.05, 0.1) is 14.6 Å². The molecule has 21 heavy (non-hydrogen) atoms. The Morgan fingerprint density at radius 2 is 2.05 bits per heavy atom. The molecule has 0 unspecified atom stereocenters. The number of aryl methyl sites for hydroxylation is 1.